The lowest BCUT2D eigenvalue weighted by Gasteiger charge is -2.17. The average molecular weight is 386 g/mol. The number of amides is 1. The van der Waals surface area contributed by atoms with Gasteiger partial charge in [0.15, 0.2) is 5.16 Å². The second-order valence-corrected chi connectivity index (χ2v) is 8.43. The van der Waals surface area contributed by atoms with Gasteiger partial charge in [0.05, 0.1) is 12.3 Å². The first kappa shape index (κ1) is 18.7. The van der Waals surface area contributed by atoms with E-state index in [1.165, 1.54) is 33.3 Å². The monoisotopic (exact) mass is 385 g/mol. The molecule has 0 saturated heterocycles. The van der Waals surface area contributed by atoms with Crippen LogP contribution in [0.4, 0.5) is 0 Å². The second-order valence-electron chi connectivity index (χ2n) is 6.49. The largest absolute Gasteiger partial charge is 0.340 e. The summed E-state index contributed by atoms with van der Waals surface area (Å²) in [6.07, 6.45) is 3.73. The third-order valence-corrected chi connectivity index (χ3v) is 6.15. The van der Waals surface area contributed by atoms with Gasteiger partial charge in [-0.05, 0) is 61.0 Å². The molecule has 2 heterocycles. The number of hydrogen-bond acceptors (Lipinski definition) is 4. The smallest absolute Gasteiger partial charge is 0.233 e. The standard InChI is InChI=1S/C20H23N3OS2/c1-14-9-15(2)11-17(10-14)23-7-6-21-20(23)26-13-19(24)22(4)12-18-16(3)5-8-25-18/h5-11H,12-13H2,1-4H3. The highest BCUT2D eigenvalue weighted by molar-refractivity contribution is 7.99. The van der Waals surface area contributed by atoms with Gasteiger partial charge in [-0.15, -0.1) is 11.3 Å². The Morgan fingerprint density at radius 3 is 2.62 bits per heavy atom. The van der Waals surface area contributed by atoms with Gasteiger partial charge in [-0.1, -0.05) is 17.8 Å². The summed E-state index contributed by atoms with van der Waals surface area (Å²) in [5, 5.41) is 2.90. The van der Waals surface area contributed by atoms with E-state index >= 15 is 0 Å². The van der Waals surface area contributed by atoms with Crippen LogP contribution in [0.1, 0.15) is 21.6 Å². The van der Waals surface area contributed by atoms with E-state index in [4.69, 9.17) is 0 Å². The molecule has 0 unspecified atom stereocenters. The molecule has 4 nitrogen and oxygen atoms in total. The van der Waals surface area contributed by atoms with Crippen LogP contribution in [0, 0.1) is 20.8 Å². The summed E-state index contributed by atoms with van der Waals surface area (Å²) in [5.41, 5.74) is 4.75. The Morgan fingerprint density at radius 1 is 1.23 bits per heavy atom. The molecule has 1 amide bonds. The fraction of sp³-hybridized carbons (Fsp3) is 0.300. The number of thiophene rings is 1. The van der Waals surface area contributed by atoms with Crippen molar-refractivity contribution in [1.82, 2.24) is 14.5 Å². The van der Waals surface area contributed by atoms with Crippen molar-refractivity contribution < 1.29 is 4.79 Å². The quantitative estimate of drug-likeness (QED) is 0.582. The highest BCUT2D eigenvalue weighted by Gasteiger charge is 2.14. The summed E-state index contributed by atoms with van der Waals surface area (Å²) in [4.78, 5) is 20.0. The summed E-state index contributed by atoms with van der Waals surface area (Å²) in [7, 11) is 1.86. The topological polar surface area (TPSA) is 38.1 Å². The fourth-order valence-corrected chi connectivity index (χ4v) is 4.66. The zero-order valence-corrected chi connectivity index (χ0v) is 17.2. The molecule has 0 aliphatic heterocycles. The second kappa shape index (κ2) is 8.10. The Hall–Kier alpha value is -2.05. The number of carbonyl (C=O) groups excluding carboxylic acids is 1. The molecule has 3 aromatic rings. The molecule has 0 saturated carbocycles. The van der Waals surface area contributed by atoms with Gasteiger partial charge in [-0.2, -0.15) is 0 Å². The van der Waals surface area contributed by atoms with Gasteiger partial charge in [-0.25, -0.2) is 4.98 Å². The van der Waals surface area contributed by atoms with Crippen molar-refractivity contribution in [2.75, 3.05) is 12.8 Å². The van der Waals surface area contributed by atoms with Crippen molar-refractivity contribution in [3.05, 3.63) is 63.6 Å². The minimum atomic E-state index is 0.109. The maximum Gasteiger partial charge on any atom is 0.233 e. The van der Waals surface area contributed by atoms with Crippen LogP contribution in [0.25, 0.3) is 5.69 Å². The summed E-state index contributed by atoms with van der Waals surface area (Å²) in [6.45, 7) is 6.92. The predicted octanol–water partition coefficient (Wildman–Crippen LogP) is 4.61. The first-order valence-electron chi connectivity index (χ1n) is 8.46. The molecule has 0 fully saturated rings. The van der Waals surface area contributed by atoms with Crippen molar-refractivity contribution >= 4 is 29.0 Å². The molecule has 26 heavy (non-hydrogen) atoms. The normalized spacial score (nSPS) is 10.9. The van der Waals surface area contributed by atoms with Gasteiger partial charge >= 0.3 is 0 Å². The molecule has 0 aliphatic rings. The molecule has 3 rings (SSSR count). The molecule has 136 valence electrons. The van der Waals surface area contributed by atoms with Crippen LogP contribution in [0.5, 0.6) is 0 Å². The summed E-state index contributed by atoms with van der Waals surface area (Å²) < 4.78 is 2.04. The predicted molar refractivity (Wildman–Crippen MR) is 109 cm³/mol. The number of aryl methyl sites for hydroxylation is 3. The third kappa shape index (κ3) is 4.37. The number of carbonyl (C=O) groups is 1. The Bertz CT molecular complexity index is 893. The van der Waals surface area contributed by atoms with Crippen LogP contribution in [0.3, 0.4) is 0 Å². The first-order chi connectivity index (χ1) is 12.4. The van der Waals surface area contributed by atoms with Crippen molar-refractivity contribution in [1.29, 1.82) is 0 Å². The van der Waals surface area contributed by atoms with Gasteiger partial charge in [0.1, 0.15) is 0 Å². The molecule has 0 bridgehead atoms. The van der Waals surface area contributed by atoms with E-state index in [1.807, 2.05) is 17.8 Å². The Balaban J connectivity index is 1.66. The number of nitrogens with zero attached hydrogens (tertiary/aromatic N) is 3. The van der Waals surface area contributed by atoms with Gasteiger partial charge in [0.2, 0.25) is 5.91 Å². The maximum atomic E-state index is 12.5. The Morgan fingerprint density at radius 2 is 1.96 bits per heavy atom. The fourth-order valence-electron chi connectivity index (χ4n) is 2.79. The molecule has 0 atom stereocenters. The van der Waals surface area contributed by atoms with E-state index in [9.17, 15) is 4.79 Å². The first-order valence-corrected chi connectivity index (χ1v) is 10.3. The SMILES string of the molecule is Cc1cc(C)cc(-n2ccnc2SCC(=O)N(C)Cc2sccc2C)c1. The number of hydrogen-bond donors (Lipinski definition) is 0. The number of benzene rings is 1. The molecule has 0 radical (unpaired) electrons. The average Bonchev–Trinajstić information content (AvgIpc) is 3.21. The molecule has 0 aliphatic carbocycles. The number of imidazole rings is 1. The van der Waals surface area contributed by atoms with Gasteiger partial charge < -0.3 is 4.90 Å². The molecule has 6 heteroatoms. The van der Waals surface area contributed by atoms with Gasteiger partial charge in [0.25, 0.3) is 0 Å². The summed E-state index contributed by atoms with van der Waals surface area (Å²) >= 11 is 3.17. The highest BCUT2D eigenvalue weighted by atomic mass is 32.2. The van der Waals surface area contributed by atoms with Crippen molar-refractivity contribution in [3.63, 3.8) is 0 Å². The molecule has 0 N–H and O–H groups in total. The summed E-state index contributed by atoms with van der Waals surface area (Å²) in [6, 6.07) is 8.50. The highest BCUT2D eigenvalue weighted by Crippen LogP contribution is 2.23. The Kier molecular flexibility index (Phi) is 5.84. The zero-order valence-electron chi connectivity index (χ0n) is 15.5. The van der Waals surface area contributed by atoms with Crippen molar-refractivity contribution in [3.8, 4) is 5.69 Å². The van der Waals surface area contributed by atoms with E-state index < -0.39 is 0 Å². The molecule has 1 aromatic carbocycles. The van der Waals surface area contributed by atoms with Crippen LogP contribution in [0.15, 0.2) is 47.2 Å². The van der Waals surface area contributed by atoms with Crippen LogP contribution in [-0.4, -0.2) is 33.2 Å². The summed E-state index contributed by atoms with van der Waals surface area (Å²) in [5.74, 6) is 0.487. The Labute approximate surface area is 162 Å². The minimum Gasteiger partial charge on any atom is -0.340 e. The van der Waals surface area contributed by atoms with Crippen LogP contribution >= 0.6 is 23.1 Å². The van der Waals surface area contributed by atoms with Crippen LogP contribution in [-0.2, 0) is 11.3 Å². The van der Waals surface area contributed by atoms with E-state index in [1.54, 1.807) is 22.4 Å². The zero-order chi connectivity index (χ0) is 18.7. The molecular formula is C20H23N3OS2. The molecule has 2 aromatic heterocycles. The molecular weight excluding hydrogens is 362 g/mol. The number of aromatic nitrogens is 2. The van der Waals surface area contributed by atoms with Crippen molar-refractivity contribution in [2.24, 2.45) is 0 Å². The third-order valence-electron chi connectivity index (χ3n) is 4.19. The van der Waals surface area contributed by atoms with E-state index in [2.05, 4.69) is 55.4 Å². The molecule has 0 spiro atoms. The number of thioether (sulfide) groups is 1. The van der Waals surface area contributed by atoms with Gasteiger partial charge in [0, 0.05) is 30.0 Å². The minimum absolute atomic E-state index is 0.109. The lowest BCUT2D eigenvalue weighted by atomic mass is 10.1. The van der Waals surface area contributed by atoms with Crippen LogP contribution < -0.4 is 0 Å². The van der Waals surface area contributed by atoms with E-state index in [0.29, 0.717) is 12.3 Å². The van der Waals surface area contributed by atoms with Gasteiger partial charge in [-0.3, -0.25) is 9.36 Å². The van der Waals surface area contributed by atoms with E-state index in [0.717, 1.165) is 10.8 Å². The lowest BCUT2D eigenvalue weighted by molar-refractivity contribution is -0.127. The lowest BCUT2D eigenvalue weighted by Crippen LogP contribution is -2.27. The maximum absolute atomic E-state index is 12.5. The van der Waals surface area contributed by atoms with Crippen molar-refractivity contribution in [2.45, 2.75) is 32.5 Å². The van der Waals surface area contributed by atoms with E-state index in [-0.39, 0.29) is 5.91 Å². The van der Waals surface area contributed by atoms with Crippen LogP contribution in [0.2, 0.25) is 0 Å². The number of rotatable bonds is 6.